The van der Waals surface area contributed by atoms with E-state index in [2.05, 4.69) is 5.43 Å². The van der Waals surface area contributed by atoms with E-state index in [9.17, 15) is 4.79 Å². The number of rotatable bonds is 5. The zero-order chi connectivity index (χ0) is 11.3. The summed E-state index contributed by atoms with van der Waals surface area (Å²) in [6.07, 6.45) is 1.73. The minimum atomic E-state index is -0.487. The van der Waals surface area contributed by atoms with E-state index < -0.39 is 6.10 Å². The molecule has 1 heterocycles. The van der Waals surface area contributed by atoms with Gasteiger partial charge in [0.25, 0.3) is 5.91 Å². The summed E-state index contributed by atoms with van der Waals surface area (Å²) in [5.41, 5.74) is 2.12. The molecule has 2 unspecified atom stereocenters. The molecule has 0 radical (unpaired) electrons. The van der Waals surface area contributed by atoms with Gasteiger partial charge in [0, 0.05) is 6.61 Å². The van der Waals surface area contributed by atoms with Crippen LogP contribution >= 0.6 is 0 Å². The topological polar surface area (TPSA) is 73.6 Å². The van der Waals surface area contributed by atoms with E-state index in [-0.39, 0.29) is 17.9 Å². The van der Waals surface area contributed by atoms with Crippen molar-refractivity contribution < 1.29 is 14.3 Å². The van der Waals surface area contributed by atoms with Gasteiger partial charge in [-0.15, -0.1) is 0 Å². The van der Waals surface area contributed by atoms with Crippen LogP contribution in [0, 0.1) is 5.92 Å². The Hall–Kier alpha value is -0.650. The summed E-state index contributed by atoms with van der Waals surface area (Å²) < 4.78 is 10.9. The van der Waals surface area contributed by atoms with Crippen molar-refractivity contribution in [2.24, 2.45) is 11.8 Å². The Labute approximate surface area is 90.3 Å². The van der Waals surface area contributed by atoms with Crippen molar-refractivity contribution in [3.8, 4) is 0 Å². The van der Waals surface area contributed by atoms with Gasteiger partial charge in [-0.1, -0.05) is 13.8 Å². The van der Waals surface area contributed by atoms with Gasteiger partial charge < -0.3 is 9.47 Å². The molecule has 88 valence electrons. The van der Waals surface area contributed by atoms with Crippen LogP contribution in [0.4, 0.5) is 0 Å². The lowest BCUT2D eigenvalue weighted by atomic mass is 10.1. The van der Waals surface area contributed by atoms with E-state index in [1.54, 1.807) is 0 Å². The minimum Gasteiger partial charge on any atom is -0.376 e. The molecular weight excluding hydrogens is 196 g/mol. The highest BCUT2D eigenvalue weighted by atomic mass is 16.5. The van der Waals surface area contributed by atoms with Gasteiger partial charge in [-0.2, -0.15) is 0 Å². The molecule has 0 saturated carbocycles. The van der Waals surface area contributed by atoms with Crippen molar-refractivity contribution >= 4 is 5.91 Å². The third-order valence-corrected chi connectivity index (χ3v) is 2.49. The van der Waals surface area contributed by atoms with Crippen LogP contribution in [0.25, 0.3) is 0 Å². The van der Waals surface area contributed by atoms with Crippen molar-refractivity contribution in [2.45, 2.75) is 38.9 Å². The van der Waals surface area contributed by atoms with E-state index in [0.29, 0.717) is 6.61 Å². The normalized spacial score (nSPS) is 23.1. The molecule has 3 N–H and O–H groups in total. The Morgan fingerprint density at radius 1 is 1.67 bits per heavy atom. The summed E-state index contributed by atoms with van der Waals surface area (Å²) in [4.78, 5) is 11.4. The van der Waals surface area contributed by atoms with Gasteiger partial charge in [-0.3, -0.25) is 10.2 Å². The first-order valence-corrected chi connectivity index (χ1v) is 5.38. The number of nitrogens with one attached hydrogen (secondary N) is 1. The smallest absolute Gasteiger partial charge is 0.263 e. The minimum absolute atomic E-state index is 0.106. The summed E-state index contributed by atoms with van der Waals surface area (Å²) in [5.74, 6) is 4.92. The van der Waals surface area contributed by atoms with Crippen LogP contribution < -0.4 is 11.3 Å². The predicted molar refractivity (Wildman–Crippen MR) is 55.9 cm³/mol. The van der Waals surface area contributed by atoms with E-state index in [4.69, 9.17) is 15.3 Å². The maximum Gasteiger partial charge on any atom is 0.263 e. The number of hydrazine groups is 1. The number of hydrogen-bond acceptors (Lipinski definition) is 4. The fourth-order valence-electron chi connectivity index (χ4n) is 1.64. The average Bonchev–Trinajstić information content (AvgIpc) is 2.70. The molecule has 1 amide bonds. The molecule has 0 aromatic heterocycles. The molecule has 0 aromatic rings. The molecule has 15 heavy (non-hydrogen) atoms. The van der Waals surface area contributed by atoms with E-state index in [1.165, 1.54) is 0 Å². The summed E-state index contributed by atoms with van der Waals surface area (Å²) in [6, 6.07) is 0. The summed E-state index contributed by atoms with van der Waals surface area (Å²) in [6.45, 7) is 5.12. The standard InChI is InChI=1S/C10H20N2O3/c1-7(2)9(10(13)12-11)15-6-8-4-3-5-14-8/h7-9H,3-6,11H2,1-2H3,(H,12,13). The molecule has 0 spiro atoms. The fourth-order valence-corrected chi connectivity index (χ4v) is 1.64. The number of hydrogen-bond donors (Lipinski definition) is 2. The van der Waals surface area contributed by atoms with Gasteiger partial charge in [0.1, 0.15) is 6.10 Å². The lowest BCUT2D eigenvalue weighted by Gasteiger charge is -2.21. The lowest BCUT2D eigenvalue weighted by molar-refractivity contribution is -0.138. The summed E-state index contributed by atoms with van der Waals surface area (Å²) in [7, 11) is 0. The average molecular weight is 216 g/mol. The maximum atomic E-state index is 11.4. The number of carbonyl (C=O) groups is 1. The first-order valence-electron chi connectivity index (χ1n) is 5.38. The monoisotopic (exact) mass is 216 g/mol. The first kappa shape index (κ1) is 12.4. The molecular formula is C10H20N2O3. The highest BCUT2D eigenvalue weighted by molar-refractivity contribution is 5.80. The fraction of sp³-hybridized carbons (Fsp3) is 0.900. The number of amides is 1. The molecule has 1 aliphatic heterocycles. The van der Waals surface area contributed by atoms with Crippen LogP contribution in [-0.2, 0) is 14.3 Å². The Balaban J connectivity index is 2.33. The van der Waals surface area contributed by atoms with Crippen LogP contribution in [0.15, 0.2) is 0 Å². The molecule has 1 rings (SSSR count). The van der Waals surface area contributed by atoms with Crippen LogP contribution in [0.5, 0.6) is 0 Å². The molecule has 5 heteroatoms. The van der Waals surface area contributed by atoms with Gasteiger partial charge in [-0.05, 0) is 18.8 Å². The van der Waals surface area contributed by atoms with Crippen LogP contribution in [0.2, 0.25) is 0 Å². The van der Waals surface area contributed by atoms with Gasteiger partial charge in [0.2, 0.25) is 0 Å². The molecule has 0 bridgehead atoms. The highest BCUT2D eigenvalue weighted by Crippen LogP contribution is 2.14. The Kier molecular flexibility index (Phi) is 5.01. The molecule has 0 aromatic carbocycles. The second-order valence-electron chi connectivity index (χ2n) is 4.14. The second-order valence-corrected chi connectivity index (χ2v) is 4.14. The van der Waals surface area contributed by atoms with Crippen LogP contribution in [0.3, 0.4) is 0 Å². The molecule has 5 nitrogen and oxygen atoms in total. The predicted octanol–water partition coefficient (Wildman–Crippen LogP) is 0.197. The third kappa shape index (κ3) is 3.77. The maximum absolute atomic E-state index is 11.4. The van der Waals surface area contributed by atoms with Crippen molar-refractivity contribution in [1.82, 2.24) is 5.43 Å². The number of carbonyl (C=O) groups excluding carboxylic acids is 1. The van der Waals surface area contributed by atoms with Crippen molar-refractivity contribution in [1.29, 1.82) is 0 Å². The largest absolute Gasteiger partial charge is 0.376 e. The Morgan fingerprint density at radius 2 is 2.40 bits per heavy atom. The second kappa shape index (κ2) is 6.05. The first-order chi connectivity index (χ1) is 7.15. The molecule has 0 aliphatic carbocycles. The highest BCUT2D eigenvalue weighted by Gasteiger charge is 2.24. The zero-order valence-electron chi connectivity index (χ0n) is 9.36. The quantitative estimate of drug-likeness (QED) is 0.391. The third-order valence-electron chi connectivity index (χ3n) is 2.49. The van der Waals surface area contributed by atoms with Crippen LogP contribution in [-0.4, -0.2) is 31.3 Å². The van der Waals surface area contributed by atoms with Gasteiger partial charge in [0.05, 0.1) is 12.7 Å². The Morgan fingerprint density at radius 3 is 2.87 bits per heavy atom. The van der Waals surface area contributed by atoms with Crippen LogP contribution in [0.1, 0.15) is 26.7 Å². The summed E-state index contributed by atoms with van der Waals surface area (Å²) >= 11 is 0. The van der Waals surface area contributed by atoms with E-state index >= 15 is 0 Å². The van der Waals surface area contributed by atoms with Crippen molar-refractivity contribution in [2.75, 3.05) is 13.2 Å². The SMILES string of the molecule is CC(C)C(OCC1CCCO1)C(=O)NN. The van der Waals surface area contributed by atoms with Crippen molar-refractivity contribution in [3.05, 3.63) is 0 Å². The van der Waals surface area contributed by atoms with E-state index in [1.807, 2.05) is 13.8 Å². The van der Waals surface area contributed by atoms with Gasteiger partial charge in [-0.25, -0.2) is 5.84 Å². The summed E-state index contributed by atoms with van der Waals surface area (Å²) in [5, 5.41) is 0. The van der Waals surface area contributed by atoms with Gasteiger partial charge >= 0.3 is 0 Å². The molecule has 1 fully saturated rings. The zero-order valence-corrected chi connectivity index (χ0v) is 9.36. The number of ether oxygens (including phenoxy) is 2. The van der Waals surface area contributed by atoms with E-state index in [0.717, 1.165) is 19.4 Å². The Bertz CT molecular complexity index is 203. The van der Waals surface area contributed by atoms with Crippen molar-refractivity contribution in [3.63, 3.8) is 0 Å². The molecule has 1 aliphatic rings. The molecule has 1 saturated heterocycles. The van der Waals surface area contributed by atoms with Gasteiger partial charge in [0.15, 0.2) is 0 Å². The lowest BCUT2D eigenvalue weighted by Crippen LogP contribution is -2.44. The molecule has 2 atom stereocenters. The number of nitrogens with two attached hydrogens (primary N) is 1.